The Morgan fingerprint density at radius 2 is 1.88 bits per heavy atom. The maximum atomic E-state index is 14.0. The Hall–Kier alpha value is -3.78. The summed E-state index contributed by atoms with van der Waals surface area (Å²) < 4.78 is 14.8. The van der Waals surface area contributed by atoms with Gasteiger partial charge in [-0.15, -0.1) is 0 Å². The Kier molecular flexibility index (Phi) is 8.68. The smallest absolute Gasteiger partial charge is 0.338 e. The van der Waals surface area contributed by atoms with Gasteiger partial charge in [0.2, 0.25) is 0 Å². The molecule has 0 bridgehead atoms. The average Bonchev–Trinajstić information content (AvgIpc) is 3.29. The number of aromatic nitrogens is 1. The molecule has 2 heterocycles. The second kappa shape index (κ2) is 12.4. The number of fused-ring (bicyclic) bond motifs is 1. The van der Waals surface area contributed by atoms with E-state index in [1.807, 2.05) is 61.5 Å². The van der Waals surface area contributed by atoms with Crippen LogP contribution in [-0.4, -0.2) is 17.6 Å². The fourth-order valence-electron chi connectivity index (χ4n) is 4.70. The molecule has 10 heteroatoms. The number of nitrogens with zero attached hydrogens (tertiary/aromatic N) is 3. The number of benzene rings is 3. The molecular weight excluding hydrogens is 670 g/mol. The van der Waals surface area contributed by atoms with Crippen molar-refractivity contribution < 1.29 is 14.3 Å². The summed E-state index contributed by atoms with van der Waals surface area (Å²) in [7, 11) is 1.33. The number of rotatable bonds is 7. The van der Waals surface area contributed by atoms with Crippen LogP contribution in [0.25, 0.3) is 6.08 Å². The van der Waals surface area contributed by atoms with Gasteiger partial charge in [-0.25, -0.2) is 9.79 Å². The minimum absolute atomic E-state index is 0.169. The van der Waals surface area contributed by atoms with E-state index < -0.39 is 12.0 Å². The van der Waals surface area contributed by atoms with Crippen molar-refractivity contribution in [3.05, 3.63) is 129 Å². The average molecular weight is 693 g/mol. The zero-order chi connectivity index (χ0) is 29.1. The Morgan fingerprint density at radius 1 is 1.15 bits per heavy atom. The SMILES string of the molecule is CCC1=C(C(=O)OC)[C@H](c2ccccc2)n2c(s/c(=C/c3cc(Br)cc(Br)c3OCc3ccccc3C#N)c2=O)=N1. The Bertz CT molecular complexity index is 1910. The Morgan fingerprint density at radius 3 is 2.59 bits per heavy atom. The number of nitriles is 1. The van der Waals surface area contributed by atoms with Crippen LogP contribution in [0.3, 0.4) is 0 Å². The molecule has 1 aliphatic rings. The first-order chi connectivity index (χ1) is 19.9. The van der Waals surface area contributed by atoms with Gasteiger partial charge in [-0.3, -0.25) is 9.36 Å². The van der Waals surface area contributed by atoms with E-state index in [0.29, 0.717) is 48.4 Å². The lowest BCUT2D eigenvalue weighted by Gasteiger charge is -2.25. The third kappa shape index (κ3) is 5.71. The van der Waals surface area contributed by atoms with E-state index >= 15 is 0 Å². The number of ether oxygens (including phenoxy) is 2. The summed E-state index contributed by atoms with van der Waals surface area (Å²) in [5.41, 5.74) is 3.38. The van der Waals surface area contributed by atoms with Gasteiger partial charge >= 0.3 is 5.97 Å². The van der Waals surface area contributed by atoms with Gasteiger partial charge in [0.25, 0.3) is 5.56 Å². The van der Waals surface area contributed by atoms with E-state index in [4.69, 9.17) is 14.5 Å². The van der Waals surface area contributed by atoms with E-state index in [9.17, 15) is 14.9 Å². The molecule has 3 aromatic carbocycles. The molecule has 0 spiro atoms. The number of hydrogen-bond acceptors (Lipinski definition) is 7. The number of methoxy groups -OCH3 is 1. The van der Waals surface area contributed by atoms with Crippen molar-refractivity contribution in [1.82, 2.24) is 4.57 Å². The zero-order valence-corrected chi connectivity index (χ0v) is 26.0. The van der Waals surface area contributed by atoms with Gasteiger partial charge in [-0.2, -0.15) is 5.26 Å². The highest BCUT2D eigenvalue weighted by Crippen LogP contribution is 2.35. The first-order valence-corrected chi connectivity index (χ1v) is 15.0. The lowest BCUT2D eigenvalue weighted by atomic mass is 9.95. The molecule has 0 amide bonds. The molecule has 0 radical (unpaired) electrons. The molecule has 0 N–H and O–H groups in total. The van der Waals surface area contributed by atoms with E-state index in [0.717, 1.165) is 15.6 Å². The van der Waals surface area contributed by atoms with Gasteiger partial charge in [-0.1, -0.05) is 82.7 Å². The van der Waals surface area contributed by atoms with Gasteiger partial charge in [0.15, 0.2) is 4.80 Å². The van der Waals surface area contributed by atoms with E-state index in [1.54, 1.807) is 22.8 Å². The predicted octanol–water partition coefficient (Wildman–Crippen LogP) is 5.77. The normalized spacial score (nSPS) is 14.7. The molecule has 206 valence electrons. The lowest BCUT2D eigenvalue weighted by Crippen LogP contribution is -2.40. The molecule has 1 atom stereocenters. The van der Waals surface area contributed by atoms with Gasteiger partial charge in [0, 0.05) is 15.6 Å². The van der Waals surface area contributed by atoms with E-state index in [-0.39, 0.29) is 12.2 Å². The van der Waals surface area contributed by atoms with Crippen LogP contribution in [0.5, 0.6) is 5.75 Å². The minimum atomic E-state index is -0.676. The lowest BCUT2D eigenvalue weighted by molar-refractivity contribution is -0.136. The molecule has 4 aromatic rings. The number of thiazole rings is 1. The summed E-state index contributed by atoms with van der Waals surface area (Å²) >= 11 is 8.38. The molecule has 5 rings (SSSR count). The first-order valence-electron chi connectivity index (χ1n) is 12.6. The zero-order valence-electron chi connectivity index (χ0n) is 22.1. The number of hydrogen-bond donors (Lipinski definition) is 0. The molecule has 1 aliphatic heterocycles. The Balaban J connectivity index is 1.67. The van der Waals surface area contributed by atoms with Crippen molar-refractivity contribution in [2.45, 2.75) is 26.0 Å². The quantitative estimate of drug-likeness (QED) is 0.229. The van der Waals surface area contributed by atoms with Crippen LogP contribution in [0.15, 0.2) is 96.7 Å². The second-order valence-corrected chi connectivity index (χ2v) is 11.8. The van der Waals surface area contributed by atoms with Crippen molar-refractivity contribution in [2.24, 2.45) is 4.99 Å². The summed E-state index contributed by atoms with van der Waals surface area (Å²) in [5.74, 6) is 0.00822. The Labute approximate surface area is 257 Å². The van der Waals surface area contributed by atoms with Crippen LogP contribution in [0.1, 0.15) is 41.6 Å². The van der Waals surface area contributed by atoms with Crippen LogP contribution in [0, 0.1) is 11.3 Å². The van der Waals surface area contributed by atoms with Gasteiger partial charge in [0.05, 0.1) is 45.1 Å². The van der Waals surface area contributed by atoms with Crippen molar-refractivity contribution in [3.63, 3.8) is 0 Å². The van der Waals surface area contributed by atoms with Crippen molar-refractivity contribution in [3.8, 4) is 11.8 Å². The molecule has 0 saturated heterocycles. The minimum Gasteiger partial charge on any atom is -0.487 e. The van der Waals surface area contributed by atoms with E-state index in [1.165, 1.54) is 18.4 Å². The molecule has 0 aliphatic carbocycles. The monoisotopic (exact) mass is 691 g/mol. The molecule has 7 nitrogen and oxygen atoms in total. The summed E-state index contributed by atoms with van der Waals surface area (Å²) in [5, 5.41) is 9.47. The predicted molar refractivity (Wildman–Crippen MR) is 164 cm³/mol. The van der Waals surface area contributed by atoms with Crippen LogP contribution < -0.4 is 19.6 Å². The summed E-state index contributed by atoms with van der Waals surface area (Å²) in [4.78, 5) is 32.2. The van der Waals surface area contributed by atoms with Crippen molar-refractivity contribution in [1.29, 1.82) is 5.26 Å². The highest BCUT2D eigenvalue weighted by molar-refractivity contribution is 9.11. The topological polar surface area (TPSA) is 93.7 Å². The number of allylic oxidation sites excluding steroid dienone is 1. The van der Waals surface area contributed by atoms with Gasteiger partial charge in [0.1, 0.15) is 12.4 Å². The fourth-order valence-corrected chi connectivity index (χ4v) is 7.08. The molecule has 0 fully saturated rings. The first kappa shape index (κ1) is 28.7. The number of carbonyl (C=O) groups excluding carboxylic acids is 1. The molecular formula is C31H23Br2N3O4S. The fraction of sp³-hybridized carbons (Fsp3) is 0.161. The summed E-state index contributed by atoms with van der Waals surface area (Å²) in [6.45, 7) is 2.09. The number of esters is 1. The van der Waals surface area contributed by atoms with Gasteiger partial charge in [-0.05, 0) is 52.2 Å². The van der Waals surface area contributed by atoms with Crippen LogP contribution in [-0.2, 0) is 16.1 Å². The maximum Gasteiger partial charge on any atom is 0.338 e. The van der Waals surface area contributed by atoms with Crippen molar-refractivity contribution in [2.75, 3.05) is 7.11 Å². The van der Waals surface area contributed by atoms with Crippen LogP contribution in [0.4, 0.5) is 0 Å². The molecule has 0 saturated carbocycles. The highest BCUT2D eigenvalue weighted by atomic mass is 79.9. The van der Waals surface area contributed by atoms with Gasteiger partial charge < -0.3 is 9.47 Å². The maximum absolute atomic E-state index is 14.0. The summed E-state index contributed by atoms with van der Waals surface area (Å²) in [6, 6.07) is 21.9. The molecule has 41 heavy (non-hydrogen) atoms. The number of halogens is 2. The van der Waals surface area contributed by atoms with Crippen LogP contribution >= 0.6 is 43.2 Å². The largest absolute Gasteiger partial charge is 0.487 e. The third-order valence-electron chi connectivity index (χ3n) is 6.60. The second-order valence-electron chi connectivity index (χ2n) is 9.06. The summed E-state index contributed by atoms with van der Waals surface area (Å²) in [6.07, 6.45) is 2.26. The third-order valence-corrected chi connectivity index (χ3v) is 8.63. The number of carbonyl (C=O) groups is 1. The molecule has 0 unspecified atom stereocenters. The van der Waals surface area contributed by atoms with Crippen molar-refractivity contribution >= 4 is 55.2 Å². The van der Waals surface area contributed by atoms with E-state index in [2.05, 4.69) is 37.9 Å². The molecule has 1 aromatic heterocycles. The van der Waals surface area contributed by atoms with Crippen LogP contribution in [0.2, 0.25) is 0 Å². The standard InChI is InChI=1S/C31H23Br2N3O4S/c1-3-24-26(30(38)39-2)27(18-9-5-4-6-10-18)36-29(37)25(41-31(36)35-24)14-21-13-22(32)15-23(33)28(21)40-17-20-12-8-7-11-19(20)16-34/h4-15,27H,3,17H2,1-2H3/b25-14+/t27-/m0/s1. The highest BCUT2D eigenvalue weighted by Gasteiger charge is 2.33.